The van der Waals surface area contributed by atoms with Crippen LogP contribution in [0, 0.1) is 17.6 Å². The lowest BCUT2D eigenvalue weighted by Crippen LogP contribution is -2.54. The molecular weight excluding hydrogens is 580 g/mol. The van der Waals surface area contributed by atoms with Gasteiger partial charge in [-0.25, -0.2) is 13.8 Å². The number of amides is 1. The molecule has 4 atom stereocenters. The van der Waals surface area contributed by atoms with E-state index >= 15 is 8.78 Å². The molecule has 0 radical (unpaired) electrons. The quantitative estimate of drug-likeness (QED) is 0.276. The summed E-state index contributed by atoms with van der Waals surface area (Å²) in [6.07, 6.45) is 8.20. The van der Waals surface area contributed by atoms with Gasteiger partial charge in [-0.15, -0.1) is 0 Å². The van der Waals surface area contributed by atoms with Gasteiger partial charge in [0.1, 0.15) is 11.6 Å². The molecule has 12 heteroatoms. The molecule has 0 bridgehead atoms. The SMILES string of the molecule is CC(=O)N(C)C1C(C)CC(c2ccncc2Nc2ncc3ccc(-c4c(F)cc(COC5CCOCC5)cc4F)nn23)CC1N. The van der Waals surface area contributed by atoms with E-state index in [2.05, 4.69) is 27.3 Å². The molecule has 1 aliphatic carbocycles. The highest BCUT2D eigenvalue weighted by atomic mass is 19.1. The fourth-order valence-electron chi connectivity index (χ4n) is 6.81. The molecule has 6 rings (SSSR count). The number of benzene rings is 1. The molecule has 1 aliphatic heterocycles. The highest BCUT2D eigenvalue weighted by Gasteiger charge is 2.38. The second-order valence-corrected chi connectivity index (χ2v) is 12.2. The van der Waals surface area contributed by atoms with E-state index < -0.39 is 11.6 Å². The van der Waals surface area contributed by atoms with Crippen LogP contribution in [0.4, 0.5) is 20.4 Å². The molecule has 2 fully saturated rings. The number of hydrogen-bond donors (Lipinski definition) is 2. The number of hydrogen-bond acceptors (Lipinski definition) is 8. The molecule has 1 saturated carbocycles. The molecule has 1 saturated heterocycles. The maximum Gasteiger partial charge on any atom is 0.229 e. The smallest absolute Gasteiger partial charge is 0.229 e. The molecule has 45 heavy (non-hydrogen) atoms. The molecule has 3 N–H and O–H groups in total. The summed E-state index contributed by atoms with van der Waals surface area (Å²) in [5.74, 6) is -0.731. The first-order valence-corrected chi connectivity index (χ1v) is 15.4. The molecule has 4 heterocycles. The molecule has 1 aromatic carbocycles. The first-order chi connectivity index (χ1) is 21.7. The monoisotopic (exact) mass is 619 g/mol. The summed E-state index contributed by atoms with van der Waals surface area (Å²) in [7, 11) is 1.81. The van der Waals surface area contributed by atoms with E-state index in [4.69, 9.17) is 15.2 Å². The Morgan fingerprint density at radius 1 is 1.16 bits per heavy atom. The topological polar surface area (TPSA) is 120 Å². The Morgan fingerprint density at radius 3 is 2.62 bits per heavy atom. The van der Waals surface area contributed by atoms with Gasteiger partial charge in [-0.2, -0.15) is 9.61 Å². The van der Waals surface area contributed by atoms with Crippen molar-refractivity contribution in [1.82, 2.24) is 24.5 Å². The van der Waals surface area contributed by atoms with Crippen LogP contribution in [0.1, 0.15) is 56.6 Å². The summed E-state index contributed by atoms with van der Waals surface area (Å²) in [5, 5.41) is 7.92. The van der Waals surface area contributed by atoms with Crippen LogP contribution in [0.3, 0.4) is 0 Å². The third kappa shape index (κ3) is 6.54. The number of pyridine rings is 1. The highest BCUT2D eigenvalue weighted by molar-refractivity contribution is 5.73. The van der Waals surface area contributed by atoms with E-state index in [9.17, 15) is 4.79 Å². The second-order valence-electron chi connectivity index (χ2n) is 12.2. The first kappa shape index (κ1) is 31.0. The van der Waals surface area contributed by atoms with Crippen molar-refractivity contribution < 1.29 is 23.0 Å². The number of fused-ring (bicyclic) bond motifs is 1. The zero-order valence-corrected chi connectivity index (χ0v) is 25.7. The summed E-state index contributed by atoms with van der Waals surface area (Å²) in [6.45, 7) is 5.06. The van der Waals surface area contributed by atoms with Crippen molar-refractivity contribution in [1.29, 1.82) is 0 Å². The standard InChI is InChI=1S/C33H39F2N7O3/c1-19-12-22(15-28(36)32(19)41(3)20(2)43)25-6-9-37-17-30(25)39-33-38-16-23-4-5-29(40-42(23)33)31-26(34)13-21(14-27(31)35)18-45-24-7-10-44-11-8-24/h4-6,9,13-14,16-17,19,22,24,28,32H,7-8,10-12,15,18,36H2,1-3H3,(H,38,39). The van der Waals surface area contributed by atoms with Crippen LogP contribution in [-0.2, 0) is 20.9 Å². The lowest BCUT2D eigenvalue weighted by Gasteiger charge is -2.43. The van der Waals surface area contributed by atoms with Gasteiger partial charge in [0.2, 0.25) is 11.9 Å². The van der Waals surface area contributed by atoms with E-state index in [0.29, 0.717) is 36.7 Å². The van der Waals surface area contributed by atoms with Crippen molar-refractivity contribution in [3.05, 3.63) is 71.7 Å². The van der Waals surface area contributed by atoms with Crippen LogP contribution >= 0.6 is 0 Å². The van der Waals surface area contributed by atoms with Crippen molar-refractivity contribution >= 4 is 23.1 Å². The normalized spacial score (nSPS) is 22.4. The minimum absolute atomic E-state index is 0.000343. The summed E-state index contributed by atoms with van der Waals surface area (Å²) < 4.78 is 43.4. The molecule has 1 amide bonds. The van der Waals surface area contributed by atoms with Crippen LogP contribution in [0.2, 0.25) is 0 Å². The number of aromatic nitrogens is 4. The van der Waals surface area contributed by atoms with Gasteiger partial charge in [-0.05, 0) is 79.0 Å². The lowest BCUT2D eigenvalue weighted by atomic mass is 9.73. The number of nitrogens with one attached hydrogen (secondary N) is 1. The Kier molecular flexibility index (Phi) is 9.06. The average Bonchev–Trinajstić information content (AvgIpc) is 3.42. The summed E-state index contributed by atoms with van der Waals surface area (Å²) in [4.78, 5) is 22.6. The van der Waals surface area contributed by atoms with Crippen LogP contribution in [0.15, 0.2) is 48.9 Å². The number of carbonyl (C=O) groups is 1. The number of ether oxygens (including phenoxy) is 2. The Labute approximate surface area is 260 Å². The third-order valence-electron chi connectivity index (χ3n) is 9.12. The summed E-state index contributed by atoms with van der Waals surface area (Å²) in [5.41, 5.74) is 9.38. The number of rotatable bonds is 8. The van der Waals surface area contributed by atoms with Gasteiger partial charge >= 0.3 is 0 Å². The van der Waals surface area contributed by atoms with Gasteiger partial charge in [-0.3, -0.25) is 9.78 Å². The van der Waals surface area contributed by atoms with Crippen molar-refractivity contribution in [3.8, 4) is 11.3 Å². The fraction of sp³-hybridized carbons (Fsp3) is 0.455. The Morgan fingerprint density at radius 2 is 1.91 bits per heavy atom. The van der Waals surface area contributed by atoms with Crippen LogP contribution in [0.25, 0.3) is 16.8 Å². The van der Waals surface area contributed by atoms with Gasteiger partial charge in [0, 0.05) is 45.5 Å². The van der Waals surface area contributed by atoms with Crippen molar-refractivity contribution in [2.45, 2.75) is 70.2 Å². The van der Waals surface area contributed by atoms with E-state index in [1.807, 2.05) is 13.1 Å². The van der Waals surface area contributed by atoms with Gasteiger partial charge in [0.15, 0.2) is 0 Å². The van der Waals surface area contributed by atoms with Crippen molar-refractivity contribution in [2.75, 3.05) is 25.6 Å². The second kappa shape index (κ2) is 13.2. The van der Waals surface area contributed by atoms with Crippen molar-refractivity contribution in [3.63, 3.8) is 0 Å². The average molecular weight is 620 g/mol. The van der Waals surface area contributed by atoms with E-state index in [1.54, 1.807) is 42.5 Å². The maximum absolute atomic E-state index is 15.3. The van der Waals surface area contributed by atoms with Gasteiger partial charge < -0.3 is 25.4 Å². The predicted molar refractivity (Wildman–Crippen MR) is 166 cm³/mol. The fourth-order valence-corrected chi connectivity index (χ4v) is 6.81. The molecule has 4 unspecified atom stereocenters. The summed E-state index contributed by atoms with van der Waals surface area (Å²) in [6, 6.07) is 7.64. The first-order valence-electron chi connectivity index (χ1n) is 15.4. The van der Waals surface area contributed by atoms with Gasteiger partial charge in [0.05, 0.1) is 47.6 Å². The zero-order valence-electron chi connectivity index (χ0n) is 25.7. The largest absolute Gasteiger partial charge is 0.381 e. The van der Waals surface area contributed by atoms with E-state index in [1.165, 1.54) is 16.6 Å². The molecular formula is C33H39F2N7O3. The zero-order chi connectivity index (χ0) is 31.7. The molecule has 0 spiro atoms. The van der Waals surface area contributed by atoms with E-state index in [-0.39, 0.29) is 53.8 Å². The van der Waals surface area contributed by atoms with E-state index in [0.717, 1.165) is 30.5 Å². The molecule has 2 aliphatic rings. The number of nitrogens with two attached hydrogens (primary N) is 1. The molecule has 10 nitrogen and oxygen atoms in total. The number of imidazole rings is 1. The van der Waals surface area contributed by atoms with Crippen LogP contribution < -0.4 is 11.1 Å². The molecule has 238 valence electrons. The summed E-state index contributed by atoms with van der Waals surface area (Å²) >= 11 is 0. The number of anilines is 2. The highest BCUT2D eigenvalue weighted by Crippen LogP contribution is 2.40. The molecule has 3 aromatic heterocycles. The number of carbonyl (C=O) groups excluding carboxylic acids is 1. The van der Waals surface area contributed by atoms with Gasteiger partial charge in [-0.1, -0.05) is 6.92 Å². The van der Waals surface area contributed by atoms with Crippen molar-refractivity contribution in [2.24, 2.45) is 11.7 Å². The molecule has 4 aromatic rings. The number of nitrogens with zero attached hydrogens (tertiary/aromatic N) is 5. The lowest BCUT2D eigenvalue weighted by molar-refractivity contribution is -0.131. The van der Waals surface area contributed by atoms with Crippen LogP contribution in [0.5, 0.6) is 0 Å². The third-order valence-corrected chi connectivity index (χ3v) is 9.12. The number of halogens is 2. The minimum atomic E-state index is -0.715. The maximum atomic E-state index is 15.3. The predicted octanol–water partition coefficient (Wildman–Crippen LogP) is 5.20. The number of likely N-dealkylation sites (N-methyl/N-ethyl adjacent to an activating group) is 1. The van der Waals surface area contributed by atoms with Crippen LogP contribution in [-0.4, -0.2) is 68.8 Å². The Bertz CT molecular complexity index is 1640. The Hall–Kier alpha value is -4.00. The van der Waals surface area contributed by atoms with Gasteiger partial charge in [0.25, 0.3) is 0 Å². The minimum Gasteiger partial charge on any atom is -0.381 e. The Balaban J connectivity index is 1.23.